The van der Waals surface area contributed by atoms with Crippen LogP contribution in [0.15, 0.2) is 0 Å². The quantitative estimate of drug-likeness (QED) is 0.682. The van der Waals surface area contributed by atoms with E-state index in [4.69, 9.17) is 9.47 Å². The third kappa shape index (κ3) is 3.00. The smallest absolute Gasteiger partial charge is 0.251 e. The van der Waals surface area contributed by atoms with Gasteiger partial charge in [-0.15, -0.1) is 0 Å². The molecule has 0 aromatic heterocycles. The molecule has 0 aromatic rings. The zero-order chi connectivity index (χ0) is 13.0. The highest BCUT2D eigenvalue weighted by atomic mass is 16.5. The SMILES string of the molecule is COCC(=O)N1CCN(C(=O)[C@H]2CCCO2)CC1. The lowest BCUT2D eigenvalue weighted by Gasteiger charge is -2.35. The fourth-order valence-electron chi connectivity index (χ4n) is 2.37. The molecule has 0 N–H and O–H groups in total. The predicted octanol–water partition coefficient (Wildman–Crippen LogP) is -0.517. The monoisotopic (exact) mass is 256 g/mol. The Morgan fingerprint density at radius 1 is 1.22 bits per heavy atom. The Hall–Kier alpha value is -1.14. The number of carbonyl (C=O) groups excluding carboxylic acids is 2. The van der Waals surface area contributed by atoms with Gasteiger partial charge < -0.3 is 19.3 Å². The first-order valence-electron chi connectivity index (χ1n) is 6.39. The van der Waals surface area contributed by atoms with Gasteiger partial charge in [-0.2, -0.15) is 0 Å². The molecule has 2 aliphatic heterocycles. The zero-order valence-corrected chi connectivity index (χ0v) is 10.8. The summed E-state index contributed by atoms with van der Waals surface area (Å²) < 4.78 is 10.2. The molecular formula is C12H20N2O4. The molecule has 0 unspecified atom stereocenters. The number of rotatable bonds is 3. The van der Waals surface area contributed by atoms with Crippen LogP contribution in [-0.2, 0) is 19.1 Å². The second-order valence-electron chi connectivity index (χ2n) is 4.64. The molecule has 2 amide bonds. The molecule has 0 bridgehead atoms. The van der Waals surface area contributed by atoms with Gasteiger partial charge in [-0.05, 0) is 12.8 Å². The Balaban J connectivity index is 1.79. The van der Waals surface area contributed by atoms with Gasteiger partial charge in [0, 0.05) is 39.9 Å². The minimum absolute atomic E-state index is 0.0123. The van der Waals surface area contributed by atoms with Crippen molar-refractivity contribution in [2.45, 2.75) is 18.9 Å². The largest absolute Gasteiger partial charge is 0.375 e. The number of nitrogens with zero attached hydrogens (tertiary/aromatic N) is 2. The molecule has 18 heavy (non-hydrogen) atoms. The summed E-state index contributed by atoms with van der Waals surface area (Å²) >= 11 is 0. The van der Waals surface area contributed by atoms with E-state index < -0.39 is 0 Å². The van der Waals surface area contributed by atoms with Gasteiger partial charge in [-0.1, -0.05) is 0 Å². The lowest BCUT2D eigenvalue weighted by molar-refractivity contribution is -0.147. The van der Waals surface area contributed by atoms with Gasteiger partial charge in [0.15, 0.2) is 0 Å². The number of ether oxygens (including phenoxy) is 2. The second-order valence-corrected chi connectivity index (χ2v) is 4.64. The molecule has 102 valence electrons. The van der Waals surface area contributed by atoms with Gasteiger partial charge >= 0.3 is 0 Å². The molecule has 2 saturated heterocycles. The van der Waals surface area contributed by atoms with Crippen molar-refractivity contribution in [1.82, 2.24) is 9.80 Å². The van der Waals surface area contributed by atoms with Crippen molar-refractivity contribution in [2.75, 3.05) is 46.5 Å². The van der Waals surface area contributed by atoms with Crippen LogP contribution in [0.25, 0.3) is 0 Å². The summed E-state index contributed by atoms with van der Waals surface area (Å²) in [6, 6.07) is 0. The molecule has 6 heteroatoms. The number of amides is 2. The number of hydrogen-bond acceptors (Lipinski definition) is 4. The van der Waals surface area contributed by atoms with E-state index in [1.54, 1.807) is 9.80 Å². The molecule has 0 radical (unpaired) electrons. The summed E-state index contributed by atoms with van der Waals surface area (Å²) in [6.45, 7) is 3.14. The number of methoxy groups -OCH3 is 1. The maximum atomic E-state index is 12.1. The molecule has 6 nitrogen and oxygen atoms in total. The van der Waals surface area contributed by atoms with Gasteiger partial charge in [-0.3, -0.25) is 9.59 Å². The van der Waals surface area contributed by atoms with E-state index in [1.165, 1.54) is 7.11 Å². The van der Waals surface area contributed by atoms with Gasteiger partial charge in [0.25, 0.3) is 5.91 Å². The minimum Gasteiger partial charge on any atom is -0.375 e. The highest BCUT2D eigenvalue weighted by Crippen LogP contribution is 2.15. The third-order valence-corrected chi connectivity index (χ3v) is 3.42. The number of piperazine rings is 1. The topological polar surface area (TPSA) is 59.1 Å². The summed E-state index contributed by atoms with van der Waals surface area (Å²) in [5, 5.41) is 0. The molecule has 0 saturated carbocycles. The average Bonchev–Trinajstić information content (AvgIpc) is 2.92. The lowest BCUT2D eigenvalue weighted by atomic mass is 10.2. The van der Waals surface area contributed by atoms with Crippen LogP contribution in [0.5, 0.6) is 0 Å². The Kier molecular flexibility index (Phi) is 4.54. The van der Waals surface area contributed by atoms with Crippen molar-refractivity contribution in [3.05, 3.63) is 0 Å². The van der Waals surface area contributed by atoms with Crippen molar-refractivity contribution in [3.63, 3.8) is 0 Å². The fraction of sp³-hybridized carbons (Fsp3) is 0.833. The minimum atomic E-state index is -0.258. The van der Waals surface area contributed by atoms with E-state index in [9.17, 15) is 9.59 Å². The van der Waals surface area contributed by atoms with Gasteiger partial charge in [-0.25, -0.2) is 0 Å². The Bertz CT molecular complexity index is 307. The van der Waals surface area contributed by atoms with E-state index in [1.807, 2.05) is 0 Å². The van der Waals surface area contributed by atoms with Crippen LogP contribution < -0.4 is 0 Å². The van der Waals surface area contributed by atoms with Crippen molar-refractivity contribution >= 4 is 11.8 Å². The van der Waals surface area contributed by atoms with Crippen LogP contribution in [0.3, 0.4) is 0 Å². The summed E-state index contributed by atoms with van der Waals surface area (Å²) in [5.74, 6) is 0.0630. The first-order chi connectivity index (χ1) is 8.72. The molecule has 2 heterocycles. The molecule has 2 aliphatic rings. The van der Waals surface area contributed by atoms with Crippen molar-refractivity contribution in [3.8, 4) is 0 Å². The van der Waals surface area contributed by atoms with Crippen LogP contribution in [0, 0.1) is 0 Å². The molecule has 0 aliphatic carbocycles. The molecule has 1 atom stereocenters. The fourth-order valence-corrected chi connectivity index (χ4v) is 2.37. The number of hydrogen-bond donors (Lipinski definition) is 0. The Labute approximate surface area is 107 Å². The van der Waals surface area contributed by atoms with Crippen molar-refractivity contribution in [1.29, 1.82) is 0 Å². The Morgan fingerprint density at radius 3 is 2.44 bits per heavy atom. The van der Waals surface area contributed by atoms with E-state index in [-0.39, 0.29) is 24.5 Å². The van der Waals surface area contributed by atoms with Crippen LogP contribution in [-0.4, -0.2) is 74.2 Å². The normalized spacial score (nSPS) is 24.4. The van der Waals surface area contributed by atoms with E-state index >= 15 is 0 Å². The van der Waals surface area contributed by atoms with E-state index in [0.717, 1.165) is 12.8 Å². The standard InChI is InChI=1S/C12H20N2O4/c1-17-9-11(15)13-4-6-14(7-5-13)12(16)10-3-2-8-18-10/h10H,2-9H2,1H3/t10-/m1/s1. The van der Waals surface area contributed by atoms with E-state index in [0.29, 0.717) is 32.8 Å². The first kappa shape index (κ1) is 13.3. The average molecular weight is 256 g/mol. The van der Waals surface area contributed by atoms with Crippen molar-refractivity contribution < 1.29 is 19.1 Å². The van der Waals surface area contributed by atoms with Gasteiger partial charge in [0.1, 0.15) is 12.7 Å². The molecule has 2 fully saturated rings. The third-order valence-electron chi connectivity index (χ3n) is 3.42. The van der Waals surface area contributed by atoms with Gasteiger partial charge in [0.2, 0.25) is 5.91 Å². The maximum absolute atomic E-state index is 12.1. The van der Waals surface area contributed by atoms with Crippen LogP contribution >= 0.6 is 0 Å². The Morgan fingerprint density at radius 2 is 1.89 bits per heavy atom. The predicted molar refractivity (Wildman–Crippen MR) is 64.0 cm³/mol. The van der Waals surface area contributed by atoms with Gasteiger partial charge in [0.05, 0.1) is 0 Å². The second kappa shape index (κ2) is 6.15. The van der Waals surface area contributed by atoms with Crippen LogP contribution in [0.4, 0.5) is 0 Å². The summed E-state index contributed by atoms with van der Waals surface area (Å²) in [7, 11) is 1.51. The summed E-state index contributed by atoms with van der Waals surface area (Å²) in [4.78, 5) is 27.2. The maximum Gasteiger partial charge on any atom is 0.251 e. The lowest BCUT2D eigenvalue weighted by Crippen LogP contribution is -2.53. The molecule has 0 aromatic carbocycles. The highest BCUT2D eigenvalue weighted by molar-refractivity contribution is 5.82. The summed E-state index contributed by atoms with van der Waals surface area (Å²) in [5.41, 5.74) is 0. The van der Waals surface area contributed by atoms with Crippen LogP contribution in [0.1, 0.15) is 12.8 Å². The van der Waals surface area contributed by atoms with Crippen LogP contribution in [0.2, 0.25) is 0 Å². The molecular weight excluding hydrogens is 236 g/mol. The number of carbonyl (C=O) groups is 2. The first-order valence-corrected chi connectivity index (χ1v) is 6.39. The summed E-state index contributed by atoms with van der Waals surface area (Å²) in [6.07, 6.45) is 1.52. The molecule has 2 rings (SSSR count). The van der Waals surface area contributed by atoms with Crippen molar-refractivity contribution in [2.24, 2.45) is 0 Å². The zero-order valence-electron chi connectivity index (χ0n) is 10.8. The highest BCUT2D eigenvalue weighted by Gasteiger charge is 2.31. The molecule has 0 spiro atoms. The van der Waals surface area contributed by atoms with E-state index in [2.05, 4.69) is 0 Å².